The van der Waals surface area contributed by atoms with E-state index in [2.05, 4.69) is 4.83 Å². The van der Waals surface area contributed by atoms with Crippen LogP contribution in [-0.4, -0.2) is 74.0 Å². The lowest BCUT2D eigenvalue weighted by Crippen LogP contribution is -2.42. The third kappa shape index (κ3) is 6.14. The predicted molar refractivity (Wildman–Crippen MR) is 137 cm³/mol. The number of nitrogens with zero attached hydrogens (tertiary/aromatic N) is 3. The standard InChI is InChI=1S/C21H28N4O4S3/c1-23(20(30)16-12-14(26-4)8-10-18(16)28-6)22-32-25(3)24(2)21(31)17-13-15(27-5)9-11-19(17)29-7/h8-13,22H,1-7H3. The van der Waals surface area contributed by atoms with Gasteiger partial charge in [0.2, 0.25) is 0 Å². The van der Waals surface area contributed by atoms with Crippen molar-refractivity contribution >= 4 is 46.5 Å². The van der Waals surface area contributed by atoms with Crippen LogP contribution in [-0.2, 0) is 0 Å². The molecule has 0 radical (unpaired) electrons. The monoisotopic (exact) mass is 496 g/mol. The lowest BCUT2D eigenvalue weighted by molar-refractivity contribution is 0.244. The average Bonchev–Trinajstić information content (AvgIpc) is 2.84. The highest BCUT2D eigenvalue weighted by atomic mass is 32.2. The van der Waals surface area contributed by atoms with Gasteiger partial charge in [0.15, 0.2) is 0 Å². The second-order valence-electron chi connectivity index (χ2n) is 6.47. The summed E-state index contributed by atoms with van der Waals surface area (Å²) in [5, 5.41) is 3.53. The molecule has 2 aromatic carbocycles. The molecule has 0 saturated carbocycles. The van der Waals surface area contributed by atoms with Gasteiger partial charge in [0.05, 0.1) is 39.6 Å². The molecule has 0 aliphatic heterocycles. The average molecular weight is 497 g/mol. The maximum absolute atomic E-state index is 5.69. The van der Waals surface area contributed by atoms with E-state index in [9.17, 15) is 0 Å². The van der Waals surface area contributed by atoms with Crippen molar-refractivity contribution in [1.82, 2.24) is 19.3 Å². The topological polar surface area (TPSA) is 58.7 Å². The van der Waals surface area contributed by atoms with Gasteiger partial charge in [0.25, 0.3) is 0 Å². The van der Waals surface area contributed by atoms with Crippen LogP contribution in [0.1, 0.15) is 11.1 Å². The minimum Gasteiger partial charge on any atom is -0.497 e. The Hall–Kier alpha value is -2.31. The number of hydrogen-bond donors (Lipinski definition) is 1. The summed E-state index contributed by atoms with van der Waals surface area (Å²) in [5.41, 5.74) is 1.49. The van der Waals surface area contributed by atoms with Gasteiger partial charge in [-0.3, -0.25) is 10.0 Å². The SMILES string of the molecule is COc1ccc(OC)c(C(=S)N(C)NSN(C)N(C)C(=S)c2cc(OC)ccc2OC)c1. The van der Waals surface area contributed by atoms with Gasteiger partial charge in [-0.25, -0.2) is 0 Å². The van der Waals surface area contributed by atoms with Gasteiger partial charge in [-0.15, -0.1) is 0 Å². The number of thiocarbonyl (C=S) groups is 2. The van der Waals surface area contributed by atoms with Crippen LogP contribution in [0.15, 0.2) is 36.4 Å². The van der Waals surface area contributed by atoms with E-state index in [4.69, 9.17) is 43.4 Å². The van der Waals surface area contributed by atoms with Crippen LogP contribution in [0.25, 0.3) is 0 Å². The highest BCUT2D eigenvalue weighted by molar-refractivity contribution is 7.95. The first-order chi connectivity index (χ1) is 15.3. The van der Waals surface area contributed by atoms with E-state index < -0.39 is 0 Å². The second-order valence-corrected chi connectivity index (χ2v) is 8.14. The van der Waals surface area contributed by atoms with Crippen molar-refractivity contribution in [3.8, 4) is 23.0 Å². The van der Waals surface area contributed by atoms with Crippen molar-refractivity contribution in [2.75, 3.05) is 49.6 Å². The van der Waals surface area contributed by atoms with E-state index >= 15 is 0 Å². The summed E-state index contributed by atoms with van der Waals surface area (Å²) in [5.74, 6) is 2.71. The van der Waals surface area contributed by atoms with Gasteiger partial charge in [-0.2, -0.15) is 9.25 Å². The Balaban J connectivity index is 2.08. The normalized spacial score (nSPS) is 10.5. The van der Waals surface area contributed by atoms with Crippen molar-refractivity contribution < 1.29 is 18.9 Å². The molecular weight excluding hydrogens is 468 g/mol. The molecule has 2 rings (SSSR count). The molecule has 2 aromatic rings. The van der Waals surface area contributed by atoms with Crippen LogP contribution >= 0.6 is 36.6 Å². The summed E-state index contributed by atoms with van der Waals surface area (Å²) >= 11 is 12.6. The van der Waals surface area contributed by atoms with Crippen molar-refractivity contribution in [3.63, 3.8) is 0 Å². The molecule has 0 heterocycles. The first-order valence-corrected chi connectivity index (χ1v) is 11.0. The minimum absolute atomic E-state index is 0.543. The smallest absolute Gasteiger partial charge is 0.129 e. The van der Waals surface area contributed by atoms with Gasteiger partial charge in [-0.05, 0) is 36.4 Å². The van der Waals surface area contributed by atoms with Crippen LogP contribution in [0.5, 0.6) is 23.0 Å². The fourth-order valence-electron chi connectivity index (χ4n) is 2.67. The van der Waals surface area contributed by atoms with Crippen molar-refractivity contribution in [1.29, 1.82) is 0 Å². The van der Waals surface area contributed by atoms with Gasteiger partial charge in [0, 0.05) is 33.3 Å². The van der Waals surface area contributed by atoms with Crippen LogP contribution in [0.2, 0.25) is 0 Å². The summed E-state index contributed by atoms with van der Waals surface area (Å²) in [6.45, 7) is 0. The Morgan fingerprint density at radius 2 is 1.22 bits per heavy atom. The molecule has 174 valence electrons. The molecule has 0 unspecified atom stereocenters. The molecule has 0 spiro atoms. The van der Waals surface area contributed by atoms with E-state index in [-0.39, 0.29) is 0 Å². The van der Waals surface area contributed by atoms with Gasteiger partial charge >= 0.3 is 0 Å². The molecule has 1 N–H and O–H groups in total. The predicted octanol–water partition coefficient (Wildman–Crippen LogP) is 3.55. The van der Waals surface area contributed by atoms with Crippen molar-refractivity contribution in [3.05, 3.63) is 47.5 Å². The number of rotatable bonds is 10. The summed E-state index contributed by atoms with van der Waals surface area (Å²) < 4.78 is 23.4. The maximum Gasteiger partial charge on any atom is 0.129 e. The molecule has 8 nitrogen and oxygen atoms in total. The number of hydrogen-bond acceptors (Lipinski definition) is 9. The molecule has 0 aromatic heterocycles. The van der Waals surface area contributed by atoms with E-state index in [1.54, 1.807) is 33.4 Å². The number of hydrazine groups is 2. The highest BCUT2D eigenvalue weighted by Crippen LogP contribution is 2.27. The number of ether oxygens (including phenoxy) is 4. The van der Waals surface area contributed by atoms with Crippen LogP contribution in [0, 0.1) is 0 Å². The van der Waals surface area contributed by atoms with E-state index in [1.165, 1.54) is 12.1 Å². The first kappa shape index (κ1) is 25.9. The molecule has 0 bridgehead atoms. The lowest BCUT2D eigenvalue weighted by atomic mass is 10.2. The highest BCUT2D eigenvalue weighted by Gasteiger charge is 2.19. The van der Waals surface area contributed by atoms with E-state index in [0.29, 0.717) is 33.0 Å². The first-order valence-electron chi connectivity index (χ1n) is 9.43. The van der Waals surface area contributed by atoms with Gasteiger partial charge < -0.3 is 18.9 Å². The Morgan fingerprint density at radius 3 is 1.66 bits per heavy atom. The summed E-state index contributed by atoms with van der Waals surface area (Å²) in [4.78, 5) is 4.30. The van der Waals surface area contributed by atoms with Gasteiger partial charge in [0.1, 0.15) is 33.0 Å². The van der Waals surface area contributed by atoms with Crippen LogP contribution in [0.3, 0.4) is 0 Å². The zero-order chi connectivity index (χ0) is 23.8. The Morgan fingerprint density at radius 1 is 0.750 bits per heavy atom. The summed E-state index contributed by atoms with van der Waals surface area (Å²) in [6, 6.07) is 11.0. The summed E-state index contributed by atoms with van der Waals surface area (Å²) in [6.07, 6.45) is 0. The molecule has 0 saturated heterocycles. The largest absolute Gasteiger partial charge is 0.497 e. The number of nitrogens with one attached hydrogen (secondary N) is 1. The van der Waals surface area contributed by atoms with Crippen molar-refractivity contribution in [2.45, 2.75) is 0 Å². The minimum atomic E-state index is 0.543. The third-order valence-electron chi connectivity index (χ3n) is 4.60. The van der Waals surface area contributed by atoms with E-state index in [0.717, 1.165) is 11.1 Å². The summed E-state index contributed by atoms with van der Waals surface area (Å²) in [7, 11) is 12.0. The quantitative estimate of drug-likeness (QED) is 0.299. The zero-order valence-corrected chi connectivity index (χ0v) is 21.6. The lowest BCUT2D eigenvalue weighted by Gasteiger charge is -2.31. The van der Waals surface area contributed by atoms with Gasteiger partial charge in [-0.1, -0.05) is 24.4 Å². The second kappa shape index (κ2) is 12.1. The Bertz CT molecular complexity index is 961. The molecule has 0 atom stereocenters. The zero-order valence-electron chi connectivity index (χ0n) is 19.2. The number of benzene rings is 2. The molecule has 0 fully saturated rings. The fraction of sp³-hybridized carbons (Fsp3) is 0.333. The molecule has 0 aliphatic carbocycles. The molecule has 32 heavy (non-hydrogen) atoms. The molecular formula is C21H28N4O4S3. The Labute approximate surface area is 204 Å². The third-order valence-corrected chi connectivity index (χ3v) is 6.45. The maximum atomic E-state index is 5.69. The molecule has 0 amide bonds. The fourth-order valence-corrected chi connectivity index (χ4v) is 3.80. The van der Waals surface area contributed by atoms with Crippen LogP contribution < -0.4 is 23.8 Å². The number of methoxy groups -OCH3 is 4. The molecule has 0 aliphatic rings. The van der Waals surface area contributed by atoms with Crippen LogP contribution in [0.4, 0.5) is 0 Å². The van der Waals surface area contributed by atoms with Crippen molar-refractivity contribution in [2.24, 2.45) is 0 Å². The van der Waals surface area contributed by atoms with E-state index in [1.807, 2.05) is 67.0 Å². The molecule has 11 heteroatoms. The Kier molecular flexibility index (Phi) is 9.79.